The zero-order valence-corrected chi connectivity index (χ0v) is 20.9. The van der Waals surface area contributed by atoms with E-state index in [1.54, 1.807) is 24.3 Å². The van der Waals surface area contributed by atoms with Crippen molar-refractivity contribution in [3.05, 3.63) is 69.7 Å². The molecule has 2 N–H and O–H groups in total. The first kappa shape index (κ1) is 24.8. The maximum atomic E-state index is 12.6. The summed E-state index contributed by atoms with van der Waals surface area (Å²) in [6, 6.07) is 15.1. The SMILES string of the molecule is Cc1ccccc1OCc1nnc(C(=O)Nc2ccc(C(=O)NCCN3CCCC[C@H]3C)cc2)s1. The van der Waals surface area contributed by atoms with E-state index in [-0.39, 0.29) is 23.4 Å². The van der Waals surface area contributed by atoms with E-state index in [2.05, 4.69) is 32.7 Å². The number of rotatable bonds is 9. The Labute approximate surface area is 209 Å². The van der Waals surface area contributed by atoms with E-state index in [4.69, 9.17) is 4.74 Å². The molecule has 2 heterocycles. The molecule has 1 aliphatic rings. The number of carbonyl (C=O) groups excluding carboxylic acids is 2. The Morgan fingerprint density at radius 2 is 1.89 bits per heavy atom. The number of aryl methyl sites for hydroxylation is 1. The van der Waals surface area contributed by atoms with Crippen LogP contribution < -0.4 is 15.4 Å². The van der Waals surface area contributed by atoms with Crippen molar-refractivity contribution in [2.45, 2.75) is 45.8 Å². The molecule has 0 spiro atoms. The van der Waals surface area contributed by atoms with Crippen molar-refractivity contribution in [3.8, 4) is 5.75 Å². The molecular formula is C26H31N5O3S. The molecule has 184 valence electrons. The van der Waals surface area contributed by atoms with Gasteiger partial charge in [-0.05, 0) is 69.1 Å². The molecule has 3 aromatic rings. The first-order valence-electron chi connectivity index (χ1n) is 11.9. The number of anilines is 1. The highest BCUT2D eigenvalue weighted by Gasteiger charge is 2.18. The minimum Gasteiger partial charge on any atom is -0.486 e. The highest BCUT2D eigenvalue weighted by atomic mass is 32.1. The van der Waals surface area contributed by atoms with Crippen molar-refractivity contribution < 1.29 is 14.3 Å². The van der Waals surface area contributed by atoms with E-state index in [9.17, 15) is 9.59 Å². The van der Waals surface area contributed by atoms with Crippen molar-refractivity contribution in [1.82, 2.24) is 20.4 Å². The number of carbonyl (C=O) groups is 2. The Morgan fingerprint density at radius 1 is 1.09 bits per heavy atom. The van der Waals surface area contributed by atoms with Crippen molar-refractivity contribution in [3.63, 3.8) is 0 Å². The molecule has 1 fully saturated rings. The van der Waals surface area contributed by atoms with Gasteiger partial charge in [-0.1, -0.05) is 36.0 Å². The van der Waals surface area contributed by atoms with Crippen LogP contribution in [0.3, 0.4) is 0 Å². The maximum absolute atomic E-state index is 12.6. The lowest BCUT2D eigenvalue weighted by atomic mass is 10.0. The molecule has 4 rings (SSSR count). The molecule has 0 unspecified atom stereocenters. The first-order valence-corrected chi connectivity index (χ1v) is 12.8. The summed E-state index contributed by atoms with van der Waals surface area (Å²) in [7, 11) is 0. The predicted octanol–water partition coefficient (Wildman–Crippen LogP) is 4.28. The molecule has 2 amide bonds. The molecule has 1 atom stereocenters. The lowest BCUT2D eigenvalue weighted by Crippen LogP contribution is -2.42. The Kier molecular flexibility index (Phi) is 8.44. The zero-order chi connectivity index (χ0) is 24.6. The van der Waals surface area contributed by atoms with Gasteiger partial charge in [0, 0.05) is 30.4 Å². The third-order valence-corrected chi connectivity index (χ3v) is 7.03. The van der Waals surface area contributed by atoms with E-state index < -0.39 is 0 Å². The average molecular weight is 494 g/mol. The van der Waals surface area contributed by atoms with Gasteiger partial charge in [0.05, 0.1) is 0 Å². The lowest BCUT2D eigenvalue weighted by molar-refractivity contribution is 0.0938. The highest BCUT2D eigenvalue weighted by Crippen LogP contribution is 2.20. The first-order chi connectivity index (χ1) is 17.0. The molecule has 8 nitrogen and oxygen atoms in total. The van der Waals surface area contributed by atoms with Crippen LogP contribution in [0.4, 0.5) is 5.69 Å². The number of piperidine rings is 1. The zero-order valence-electron chi connectivity index (χ0n) is 20.1. The topological polar surface area (TPSA) is 96.5 Å². The molecule has 2 aromatic carbocycles. The number of nitrogens with zero attached hydrogens (tertiary/aromatic N) is 3. The Hall–Kier alpha value is -3.30. The van der Waals surface area contributed by atoms with Crippen molar-refractivity contribution in [2.24, 2.45) is 0 Å². The van der Waals surface area contributed by atoms with Gasteiger partial charge < -0.3 is 15.4 Å². The number of hydrogen-bond donors (Lipinski definition) is 2. The van der Waals surface area contributed by atoms with E-state index >= 15 is 0 Å². The Balaban J connectivity index is 1.24. The number of benzene rings is 2. The van der Waals surface area contributed by atoms with E-state index in [1.807, 2.05) is 31.2 Å². The fourth-order valence-corrected chi connectivity index (χ4v) is 4.70. The fourth-order valence-electron chi connectivity index (χ4n) is 4.06. The smallest absolute Gasteiger partial charge is 0.286 e. The summed E-state index contributed by atoms with van der Waals surface area (Å²) in [5.74, 6) is 0.311. The number of ether oxygens (including phenoxy) is 1. The minimum absolute atomic E-state index is 0.116. The lowest BCUT2D eigenvalue weighted by Gasteiger charge is -2.33. The molecule has 0 saturated carbocycles. The molecule has 35 heavy (non-hydrogen) atoms. The number of nitrogens with one attached hydrogen (secondary N) is 2. The minimum atomic E-state index is -0.350. The molecule has 9 heteroatoms. The largest absolute Gasteiger partial charge is 0.486 e. The third-order valence-electron chi connectivity index (χ3n) is 6.14. The van der Waals surface area contributed by atoms with Gasteiger partial charge in [0.1, 0.15) is 12.4 Å². The summed E-state index contributed by atoms with van der Waals surface area (Å²) >= 11 is 1.19. The molecule has 0 aliphatic carbocycles. The van der Waals surface area contributed by atoms with Gasteiger partial charge in [0.25, 0.3) is 11.8 Å². The van der Waals surface area contributed by atoms with Crippen LogP contribution in [-0.4, -0.2) is 52.6 Å². The highest BCUT2D eigenvalue weighted by molar-refractivity contribution is 7.13. The van der Waals surface area contributed by atoms with Gasteiger partial charge in [-0.3, -0.25) is 14.5 Å². The van der Waals surface area contributed by atoms with Crippen LogP contribution >= 0.6 is 11.3 Å². The number of amides is 2. The van der Waals surface area contributed by atoms with Crippen LogP contribution in [0.25, 0.3) is 0 Å². The number of para-hydroxylation sites is 1. The number of hydrogen-bond acceptors (Lipinski definition) is 7. The van der Waals surface area contributed by atoms with Gasteiger partial charge in [0.15, 0.2) is 5.01 Å². The summed E-state index contributed by atoms with van der Waals surface area (Å²) < 4.78 is 5.77. The molecule has 1 aliphatic heterocycles. The molecule has 0 bridgehead atoms. The van der Waals surface area contributed by atoms with E-state index in [0.717, 1.165) is 24.4 Å². The van der Waals surface area contributed by atoms with Gasteiger partial charge in [-0.25, -0.2) is 0 Å². The maximum Gasteiger partial charge on any atom is 0.286 e. The normalized spacial score (nSPS) is 16.0. The second kappa shape index (κ2) is 11.9. The van der Waals surface area contributed by atoms with Gasteiger partial charge >= 0.3 is 0 Å². The van der Waals surface area contributed by atoms with Crippen molar-refractivity contribution >= 4 is 28.8 Å². The second-order valence-electron chi connectivity index (χ2n) is 8.72. The second-order valence-corrected chi connectivity index (χ2v) is 9.79. The van der Waals surface area contributed by atoms with E-state index in [0.29, 0.717) is 28.8 Å². The van der Waals surface area contributed by atoms with Crippen LogP contribution in [0.1, 0.15) is 56.9 Å². The summed E-state index contributed by atoms with van der Waals surface area (Å²) in [6.07, 6.45) is 3.74. The van der Waals surface area contributed by atoms with Gasteiger partial charge in [-0.2, -0.15) is 0 Å². The monoisotopic (exact) mass is 493 g/mol. The molecule has 1 aromatic heterocycles. The molecule has 0 radical (unpaired) electrons. The van der Waals surface area contributed by atoms with Gasteiger partial charge in [-0.15, -0.1) is 10.2 Å². The van der Waals surface area contributed by atoms with E-state index in [1.165, 1.54) is 30.6 Å². The summed E-state index contributed by atoms with van der Waals surface area (Å²) in [4.78, 5) is 27.5. The van der Waals surface area contributed by atoms with Crippen molar-refractivity contribution in [2.75, 3.05) is 25.0 Å². The van der Waals surface area contributed by atoms with Crippen LogP contribution in [0.15, 0.2) is 48.5 Å². The van der Waals surface area contributed by atoms with Crippen molar-refractivity contribution in [1.29, 1.82) is 0 Å². The van der Waals surface area contributed by atoms with Crippen LogP contribution in [0.2, 0.25) is 0 Å². The Morgan fingerprint density at radius 3 is 2.66 bits per heavy atom. The molecule has 1 saturated heterocycles. The quantitative estimate of drug-likeness (QED) is 0.462. The summed E-state index contributed by atoms with van der Waals surface area (Å²) in [6.45, 7) is 7.04. The summed E-state index contributed by atoms with van der Waals surface area (Å²) in [5.41, 5.74) is 2.17. The number of likely N-dealkylation sites (tertiary alicyclic amines) is 1. The standard InChI is InChI=1S/C26H31N5O3S/c1-18-7-3-4-9-22(18)34-17-23-29-30-26(35-23)25(33)28-21-12-10-20(11-13-21)24(32)27-14-16-31-15-6-5-8-19(31)2/h3-4,7,9-13,19H,5-6,8,14-17H2,1-2H3,(H,27,32)(H,28,33)/t19-/m1/s1. The molecular weight excluding hydrogens is 462 g/mol. The van der Waals surface area contributed by atoms with Gasteiger partial charge in [0.2, 0.25) is 5.01 Å². The number of aromatic nitrogens is 2. The van der Waals surface area contributed by atoms with Crippen LogP contribution in [-0.2, 0) is 6.61 Å². The fraction of sp³-hybridized carbons (Fsp3) is 0.385. The van der Waals surface area contributed by atoms with Crippen LogP contribution in [0.5, 0.6) is 5.75 Å². The Bertz CT molecular complexity index is 1150. The third kappa shape index (κ3) is 6.86. The predicted molar refractivity (Wildman–Crippen MR) is 137 cm³/mol. The van der Waals surface area contributed by atoms with Crippen LogP contribution in [0, 0.1) is 6.92 Å². The summed E-state index contributed by atoms with van der Waals surface area (Å²) in [5, 5.41) is 14.7. The average Bonchev–Trinajstić information content (AvgIpc) is 3.34.